The van der Waals surface area contributed by atoms with E-state index < -0.39 is 58.8 Å². The zero-order valence-corrected chi connectivity index (χ0v) is 9.91. The van der Waals surface area contributed by atoms with Gasteiger partial charge in [-0.15, -0.1) is 0 Å². The summed E-state index contributed by atoms with van der Waals surface area (Å²) in [6.45, 7) is 0. The lowest BCUT2D eigenvalue weighted by Gasteiger charge is -2.30. The molecule has 0 amide bonds. The number of hydrogen-bond donors (Lipinski definition) is 0. The lowest BCUT2D eigenvalue weighted by atomic mass is 9.92. The van der Waals surface area contributed by atoms with Gasteiger partial charge in [0.25, 0.3) is 5.92 Å². The summed E-state index contributed by atoms with van der Waals surface area (Å²) in [4.78, 5) is 0. The van der Waals surface area contributed by atoms with Crippen molar-refractivity contribution in [3.05, 3.63) is 40.6 Å². The van der Waals surface area contributed by atoms with Crippen LogP contribution in [0.5, 0.6) is 0 Å². The lowest BCUT2D eigenvalue weighted by Crippen LogP contribution is -2.46. The Kier molecular flexibility index (Phi) is 4.58. The van der Waals surface area contributed by atoms with Crippen LogP contribution in [0.25, 0.3) is 0 Å². The van der Waals surface area contributed by atoms with Gasteiger partial charge in [0.05, 0.1) is 5.56 Å². The van der Waals surface area contributed by atoms with Gasteiger partial charge in [0.15, 0.2) is 23.3 Å². The molecule has 0 aliphatic heterocycles. The van der Waals surface area contributed by atoms with Gasteiger partial charge >= 0.3 is 18.3 Å². The maximum Gasteiger partial charge on any atom is 0.411 e. The molecule has 0 unspecified atom stereocenters. The monoisotopic (exact) mass is 367 g/mol. The zero-order valence-electron chi connectivity index (χ0n) is 9.91. The van der Waals surface area contributed by atoms with Gasteiger partial charge in [-0.25, -0.2) is 22.0 Å². The van der Waals surface area contributed by atoms with Crippen LogP contribution in [-0.2, 0) is 5.92 Å². The molecule has 13 heteroatoms. The SMILES string of the molecule is Fc1c(F)c(F)c(C(F)(F)[C](C(F)(F)F)C(F)(F)F)c(F)c1F. The predicted octanol–water partition coefficient (Wildman–Crippen LogP) is 5.17. The fraction of sp³-hybridized carbons (Fsp3) is 0.300. The Hall–Kier alpha value is -1.69. The molecule has 0 bridgehead atoms. The Bertz CT molecular complexity index is 566. The number of benzene rings is 1. The number of rotatable bonds is 2. The van der Waals surface area contributed by atoms with Crippen molar-refractivity contribution in [1.82, 2.24) is 0 Å². The minimum absolute atomic E-state index is 3.03. The lowest BCUT2D eigenvalue weighted by molar-refractivity contribution is -0.252. The van der Waals surface area contributed by atoms with E-state index in [-0.39, 0.29) is 0 Å². The molecular formula is C10F13. The fourth-order valence-electron chi connectivity index (χ4n) is 1.52. The molecule has 0 nitrogen and oxygen atoms in total. The van der Waals surface area contributed by atoms with Crippen molar-refractivity contribution in [2.24, 2.45) is 0 Å². The topological polar surface area (TPSA) is 0 Å². The number of halogens is 13. The highest BCUT2D eigenvalue weighted by molar-refractivity contribution is 5.35. The van der Waals surface area contributed by atoms with E-state index in [2.05, 4.69) is 0 Å². The van der Waals surface area contributed by atoms with Crippen LogP contribution >= 0.6 is 0 Å². The van der Waals surface area contributed by atoms with Gasteiger partial charge in [-0.2, -0.15) is 35.1 Å². The van der Waals surface area contributed by atoms with Crippen molar-refractivity contribution in [2.75, 3.05) is 0 Å². The molecule has 0 atom stereocenters. The van der Waals surface area contributed by atoms with E-state index in [1.54, 1.807) is 0 Å². The Morgan fingerprint density at radius 3 is 1.00 bits per heavy atom. The van der Waals surface area contributed by atoms with Crippen molar-refractivity contribution in [3.8, 4) is 0 Å². The minimum Gasteiger partial charge on any atom is -0.203 e. The first-order chi connectivity index (χ1) is 10.0. The molecule has 0 aliphatic rings. The second-order valence-corrected chi connectivity index (χ2v) is 3.89. The largest absolute Gasteiger partial charge is 0.411 e. The quantitative estimate of drug-likeness (QED) is 0.384. The third-order valence-electron chi connectivity index (χ3n) is 2.40. The van der Waals surface area contributed by atoms with Crippen molar-refractivity contribution in [2.45, 2.75) is 18.3 Å². The first-order valence-electron chi connectivity index (χ1n) is 4.96. The fourth-order valence-corrected chi connectivity index (χ4v) is 1.52. The van der Waals surface area contributed by atoms with E-state index in [1.807, 2.05) is 0 Å². The summed E-state index contributed by atoms with van der Waals surface area (Å²) < 4.78 is 164. The summed E-state index contributed by atoms with van der Waals surface area (Å²) in [7, 11) is 0. The van der Waals surface area contributed by atoms with E-state index in [4.69, 9.17) is 0 Å². The molecule has 1 rings (SSSR count). The molecule has 1 radical (unpaired) electrons. The summed E-state index contributed by atoms with van der Waals surface area (Å²) >= 11 is 0. The maximum atomic E-state index is 13.4. The average molecular weight is 367 g/mol. The van der Waals surface area contributed by atoms with E-state index in [0.29, 0.717) is 0 Å². The van der Waals surface area contributed by atoms with Gasteiger partial charge in [-0.1, -0.05) is 0 Å². The standard InChI is InChI=1S/C10F13/c11-2-1(3(12)5(14)6(15)4(2)13)8(16,17)7(9(18,19)20)10(21,22)23. The summed E-state index contributed by atoms with van der Waals surface area (Å²) in [6, 6.07) is 0. The molecule has 0 N–H and O–H groups in total. The Balaban J connectivity index is 3.80. The van der Waals surface area contributed by atoms with Crippen LogP contribution < -0.4 is 0 Å². The Morgan fingerprint density at radius 2 is 0.739 bits per heavy atom. The molecule has 0 saturated heterocycles. The maximum absolute atomic E-state index is 13.4. The van der Waals surface area contributed by atoms with Gasteiger partial charge in [-0.3, -0.25) is 0 Å². The van der Waals surface area contributed by atoms with E-state index in [1.165, 1.54) is 0 Å². The second-order valence-electron chi connectivity index (χ2n) is 3.89. The van der Waals surface area contributed by atoms with Gasteiger partial charge in [0.2, 0.25) is 5.82 Å². The van der Waals surface area contributed by atoms with Crippen LogP contribution in [0, 0.1) is 35.0 Å². The summed E-state index contributed by atoms with van der Waals surface area (Å²) in [6.07, 6.45) is -13.7. The first kappa shape index (κ1) is 19.4. The molecule has 0 aromatic heterocycles. The first-order valence-corrected chi connectivity index (χ1v) is 4.96. The minimum atomic E-state index is -6.87. The predicted molar refractivity (Wildman–Crippen MR) is 45.5 cm³/mol. The van der Waals surface area contributed by atoms with Crippen molar-refractivity contribution in [3.63, 3.8) is 0 Å². The van der Waals surface area contributed by atoms with Crippen LogP contribution in [-0.4, -0.2) is 12.4 Å². The second kappa shape index (κ2) is 5.44. The normalized spacial score (nSPS) is 13.8. The summed E-state index contributed by atoms with van der Waals surface area (Å²) in [5.74, 6) is -27.5. The van der Waals surface area contributed by atoms with E-state index >= 15 is 0 Å². The van der Waals surface area contributed by atoms with Gasteiger partial charge in [-0.05, 0) is 0 Å². The Labute approximate surface area is 117 Å². The molecule has 0 heterocycles. The van der Waals surface area contributed by atoms with Crippen LogP contribution in [0.4, 0.5) is 57.1 Å². The van der Waals surface area contributed by atoms with Crippen LogP contribution in [0.15, 0.2) is 0 Å². The smallest absolute Gasteiger partial charge is 0.203 e. The van der Waals surface area contributed by atoms with Crippen LogP contribution in [0.3, 0.4) is 0 Å². The highest BCUT2D eigenvalue weighted by Crippen LogP contribution is 2.55. The number of hydrogen-bond acceptors (Lipinski definition) is 0. The average Bonchev–Trinajstić information content (AvgIpc) is 2.29. The highest BCUT2D eigenvalue weighted by atomic mass is 19.4. The van der Waals surface area contributed by atoms with Crippen molar-refractivity contribution >= 4 is 0 Å². The third kappa shape index (κ3) is 3.17. The molecule has 23 heavy (non-hydrogen) atoms. The van der Waals surface area contributed by atoms with Gasteiger partial charge < -0.3 is 0 Å². The molecule has 131 valence electrons. The van der Waals surface area contributed by atoms with Gasteiger partial charge in [0.1, 0.15) is 0 Å². The number of alkyl halides is 8. The van der Waals surface area contributed by atoms with E-state index in [0.717, 1.165) is 0 Å². The molecule has 0 fully saturated rings. The molecule has 0 spiro atoms. The van der Waals surface area contributed by atoms with Crippen LogP contribution in [0.2, 0.25) is 0 Å². The summed E-state index contributed by atoms with van der Waals surface area (Å²) in [5, 5.41) is 0. The van der Waals surface area contributed by atoms with Crippen molar-refractivity contribution in [1.29, 1.82) is 0 Å². The highest BCUT2D eigenvalue weighted by Gasteiger charge is 2.72. The summed E-state index contributed by atoms with van der Waals surface area (Å²) in [5.41, 5.74) is -3.56. The molecule has 1 aromatic rings. The molecule has 1 aromatic carbocycles. The molecule has 0 saturated carbocycles. The molecular weight excluding hydrogens is 367 g/mol. The van der Waals surface area contributed by atoms with Crippen molar-refractivity contribution < 1.29 is 57.1 Å². The van der Waals surface area contributed by atoms with E-state index in [9.17, 15) is 57.1 Å². The Morgan fingerprint density at radius 1 is 0.478 bits per heavy atom. The van der Waals surface area contributed by atoms with Gasteiger partial charge in [0, 0.05) is 0 Å². The zero-order chi connectivity index (χ0) is 18.5. The third-order valence-corrected chi connectivity index (χ3v) is 2.40. The molecule has 0 aliphatic carbocycles. The van der Waals surface area contributed by atoms with Crippen LogP contribution in [0.1, 0.15) is 5.56 Å².